The maximum atomic E-state index is 13.1. The predicted octanol–water partition coefficient (Wildman–Crippen LogP) is 6.97. The summed E-state index contributed by atoms with van der Waals surface area (Å²) in [6.45, 7) is 24.5. The van der Waals surface area contributed by atoms with E-state index in [4.69, 9.17) is 28.4 Å². The van der Waals surface area contributed by atoms with E-state index in [0.29, 0.717) is 39.3 Å². The van der Waals surface area contributed by atoms with Gasteiger partial charge in [-0.2, -0.15) is 0 Å². The summed E-state index contributed by atoms with van der Waals surface area (Å²) >= 11 is 0. The number of aryl methyl sites for hydroxylation is 2. The first kappa shape index (κ1) is 40.6. The van der Waals surface area contributed by atoms with E-state index in [1.807, 2.05) is 107 Å². The Hall–Kier alpha value is -3.18. The molecule has 10 nitrogen and oxygen atoms in total. The molecule has 51 heavy (non-hydrogen) atoms. The number of rotatable bonds is 10. The molecule has 0 aromatic heterocycles. The molecule has 10 heteroatoms. The molecule has 2 aliphatic heterocycles. The Bertz CT molecular complexity index is 1440. The molecule has 2 heterocycles. The number of aromatic hydroxyl groups is 2. The SMILES string of the molecule is Cc1cc(CC(C)(C)C(=O)OCC2OCC3(CO2)COC(COC(=O)C(C)(C)Cc2cc(C)c(O)c(C(C)(C)C)c2)OC3)cc(C(C)(C)C)c1O. The van der Waals surface area contributed by atoms with Crippen molar-refractivity contribution in [2.24, 2.45) is 16.2 Å². The molecule has 2 aromatic carbocycles. The van der Waals surface area contributed by atoms with E-state index < -0.39 is 28.8 Å². The number of hydrogen-bond acceptors (Lipinski definition) is 10. The van der Waals surface area contributed by atoms with Gasteiger partial charge in [-0.25, -0.2) is 0 Å². The fourth-order valence-electron chi connectivity index (χ4n) is 6.52. The molecule has 2 N–H and O–H groups in total. The highest BCUT2D eigenvalue weighted by atomic mass is 16.7. The van der Waals surface area contributed by atoms with E-state index in [-0.39, 0.29) is 47.5 Å². The number of phenols is 2. The van der Waals surface area contributed by atoms with E-state index in [1.54, 1.807) is 0 Å². The topological polar surface area (TPSA) is 130 Å². The zero-order valence-corrected chi connectivity index (χ0v) is 32.8. The minimum absolute atomic E-state index is 0.0441. The number of carbonyl (C=O) groups excluding carboxylic acids is 2. The molecule has 0 unspecified atom stereocenters. The number of phenolic OH excluding ortho intramolecular Hbond substituents is 2. The van der Waals surface area contributed by atoms with Gasteiger partial charge in [-0.05, 0) is 98.6 Å². The van der Waals surface area contributed by atoms with Crippen LogP contribution in [0, 0.1) is 30.1 Å². The largest absolute Gasteiger partial charge is 0.507 e. The molecule has 2 fully saturated rings. The van der Waals surface area contributed by atoms with Crippen LogP contribution in [0.5, 0.6) is 11.5 Å². The van der Waals surface area contributed by atoms with Gasteiger partial charge in [-0.15, -0.1) is 0 Å². The smallest absolute Gasteiger partial charge is 0.312 e. The van der Waals surface area contributed by atoms with Gasteiger partial charge in [0.25, 0.3) is 0 Å². The van der Waals surface area contributed by atoms with Crippen molar-refractivity contribution in [1.29, 1.82) is 0 Å². The summed E-state index contributed by atoms with van der Waals surface area (Å²) in [6, 6.07) is 7.77. The van der Waals surface area contributed by atoms with E-state index in [2.05, 4.69) is 0 Å². The van der Waals surface area contributed by atoms with Crippen LogP contribution >= 0.6 is 0 Å². The Morgan fingerprint density at radius 3 is 1.24 bits per heavy atom. The molecule has 0 bridgehead atoms. The zero-order valence-electron chi connectivity index (χ0n) is 32.8. The van der Waals surface area contributed by atoms with Crippen LogP contribution in [-0.2, 0) is 61.7 Å². The van der Waals surface area contributed by atoms with Gasteiger partial charge in [0.1, 0.15) is 24.7 Å². The number of hydrogen-bond donors (Lipinski definition) is 2. The van der Waals surface area contributed by atoms with Crippen LogP contribution in [0.25, 0.3) is 0 Å². The minimum atomic E-state index is -0.812. The first-order chi connectivity index (χ1) is 23.4. The molecule has 0 amide bonds. The second-order valence-corrected chi connectivity index (χ2v) is 18.0. The van der Waals surface area contributed by atoms with E-state index in [0.717, 1.165) is 33.4 Å². The molecule has 1 spiro atoms. The first-order valence-corrected chi connectivity index (χ1v) is 17.9. The van der Waals surface area contributed by atoms with Crippen LogP contribution in [0.1, 0.15) is 103 Å². The molecule has 4 rings (SSSR count). The maximum Gasteiger partial charge on any atom is 0.312 e. The molecule has 2 aromatic rings. The van der Waals surface area contributed by atoms with Crippen LogP contribution in [0.2, 0.25) is 0 Å². The standard InChI is InChI=1S/C41H60O10/c1-25-13-27(15-29(33(25)42)37(3,4)5)17-39(9,10)35(44)46-19-31-48-21-41(22-49-31)23-50-32(51-24-41)20-47-36(45)40(11,12)18-28-14-26(2)34(43)30(16-28)38(6,7)8/h13-16,31-32,42-43H,17-24H2,1-12H3. The van der Waals surface area contributed by atoms with Crippen molar-refractivity contribution in [3.63, 3.8) is 0 Å². The Labute approximate surface area is 304 Å². The summed E-state index contributed by atoms with van der Waals surface area (Å²) in [5.41, 5.74) is 2.52. The first-order valence-electron chi connectivity index (χ1n) is 17.9. The summed E-state index contributed by atoms with van der Waals surface area (Å²) in [4.78, 5) is 26.3. The van der Waals surface area contributed by atoms with Gasteiger partial charge in [-0.3, -0.25) is 9.59 Å². The van der Waals surface area contributed by atoms with Gasteiger partial charge >= 0.3 is 11.9 Å². The van der Waals surface area contributed by atoms with Crippen LogP contribution in [0.3, 0.4) is 0 Å². The van der Waals surface area contributed by atoms with Crippen molar-refractivity contribution in [2.75, 3.05) is 39.6 Å². The van der Waals surface area contributed by atoms with Gasteiger partial charge in [0.15, 0.2) is 12.6 Å². The molecular formula is C41H60O10. The van der Waals surface area contributed by atoms with Crippen molar-refractivity contribution in [3.8, 4) is 11.5 Å². The summed E-state index contributed by atoms with van der Waals surface area (Å²) in [6.07, 6.45) is -0.525. The number of benzene rings is 2. The fourth-order valence-corrected chi connectivity index (χ4v) is 6.52. The summed E-state index contributed by atoms with van der Waals surface area (Å²) < 4.78 is 35.0. The van der Waals surface area contributed by atoms with Gasteiger partial charge in [0.2, 0.25) is 0 Å². The fraction of sp³-hybridized carbons (Fsp3) is 0.659. The van der Waals surface area contributed by atoms with Crippen molar-refractivity contribution < 1.29 is 48.2 Å². The second-order valence-electron chi connectivity index (χ2n) is 18.0. The van der Waals surface area contributed by atoms with Gasteiger partial charge in [0, 0.05) is 0 Å². The highest BCUT2D eigenvalue weighted by Crippen LogP contribution is 2.38. The van der Waals surface area contributed by atoms with Crippen LogP contribution in [0.15, 0.2) is 24.3 Å². The average molecular weight is 713 g/mol. The van der Waals surface area contributed by atoms with Gasteiger partial charge < -0.3 is 38.6 Å². The molecule has 2 aliphatic rings. The highest BCUT2D eigenvalue weighted by molar-refractivity contribution is 5.77. The zero-order chi connectivity index (χ0) is 38.2. The lowest BCUT2D eigenvalue weighted by molar-refractivity contribution is -0.312. The maximum absolute atomic E-state index is 13.1. The molecule has 2 saturated heterocycles. The van der Waals surface area contributed by atoms with E-state index in [1.165, 1.54) is 0 Å². The molecule has 0 aliphatic carbocycles. The predicted molar refractivity (Wildman–Crippen MR) is 194 cm³/mol. The van der Waals surface area contributed by atoms with Crippen LogP contribution in [0.4, 0.5) is 0 Å². The Balaban J connectivity index is 1.21. The molecular weight excluding hydrogens is 652 g/mol. The third kappa shape index (κ3) is 10.0. The Morgan fingerprint density at radius 2 is 0.941 bits per heavy atom. The lowest BCUT2D eigenvalue weighted by atomic mass is 9.80. The average Bonchev–Trinajstić information content (AvgIpc) is 3.02. The lowest BCUT2D eigenvalue weighted by Gasteiger charge is -2.43. The van der Waals surface area contributed by atoms with Crippen molar-refractivity contribution in [3.05, 3.63) is 57.6 Å². The minimum Gasteiger partial charge on any atom is -0.507 e. The third-order valence-corrected chi connectivity index (χ3v) is 9.74. The summed E-state index contributed by atoms with van der Waals surface area (Å²) in [5, 5.41) is 21.2. The third-order valence-electron chi connectivity index (χ3n) is 9.74. The quantitative estimate of drug-likeness (QED) is 0.249. The molecule has 0 atom stereocenters. The Morgan fingerprint density at radius 1 is 0.627 bits per heavy atom. The molecule has 284 valence electrons. The highest BCUT2D eigenvalue weighted by Gasteiger charge is 2.43. The van der Waals surface area contributed by atoms with Gasteiger partial charge in [0.05, 0.1) is 42.7 Å². The van der Waals surface area contributed by atoms with Crippen molar-refractivity contribution in [2.45, 2.75) is 119 Å². The van der Waals surface area contributed by atoms with Crippen LogP contribution in [-0.4, -0.2) is 74.4 Å². The lowest BCUT2D eigenvalue weighted by Crippen LogP contribution is -2.53. The summed E-state index contributed by atoms with van der Waals surface area (Å²) in [5.74, 6) is -0.155. The van der Waals surface area contributed by atoms with Crippen LogP contribution < -0.4 is 0 Å². The summed E-state index contributed by atoms with van der Waals surface area (Å²) in [7, 11) is 0. The molecule has 0 saturated carbocycles. The second kappa shape index (κ2) is 15.0. The monoisotopic (exact) mass is 712 g/mol. The number of carbonyl (C=O) groups is 2. The van der Waals surface area contributed by atoms with Crippen molar-refractivity contribution >= 4 is 11.9 Å². The normalized spacial score (nSPS) is 21.8. The van der Waals surface area contributed by atoms with Gasteiger partial charge in [-0.1, -0.05) is 65.8 Å². The molecule has 0 radical (unpaired) electrons. The number of esters is 2. The van der Waals surface area contributed by atoms with E-state index in [9.17, 15) is 19.8 Å². The Kier molecular flexibility index (Phi) is 12.0. The van der Waals surface area contributed by atoms with Crippen molar-refractivity contribution in [1.82, 2.24) is 0 Å². The van der Waals surface area contributed by atoms with E-state index >= 15 is 0 Å². The number of ether oxygens (including phenoxy) is 6.